The molecule has 3 heterocycles. The number of para-hydroxylation sites is 1. The average Bonchev–Trinajstić information content (AvgIpc) is 2.83. The standard InChI is InChI=1S/C27H17NO6/c29-15-7-5-14(6-8-15)22-12-20(30)26-21(31)13-23-25(27(26)34-22)18(11-24(32)33-23)16-9-10-28-19-4-2-1-3-17(16)19/h1-10,12-13,18,29,31H,11H2/t18-/m1/s1. The quantitative estimate of drug-likeness (QED) is 0.291. The Bertz CT molecular complexity index is 1660. The molecule has 5 aromatic rings. The summed E-state index contributed by atoms with van der Waals surface area (Å²) < 4.78 is 11.7. The van der Waals surface area contributed by atoms with Gasteiger partial charge in [-0.05, 0) is 42.0 Å². The molecule has 0 spiro atoms. The number of pyridine rings is 1. The van der Waals surface area contributed by atoms with Crippen LogP contribution in [0.15, 0.2) is 82.1 Å². The SMILES string of the molecule is O=C1C[C@H](c2ccnc3ccccc23)c2c(cc(O)c3c(=O)cc(-c4ccc(O)cc4)oc23)O1. The van der Waals surface area contributed by atoms with E-state index in [0.717, 1.165) is 16.5 Å². The summed E-state index contributed by atoms with van der Waals surface area (Å²) >= 11 is 0. The zero-order chi connectivity index (χ0) is 23.4. The fourth-order valence-electron chi connectivity index (χ4n) is 4.61. The summed E-state index contributed by atoms with van der Waals surface area (Å²) in [6, 6.07) is 18.3. The molecule has 7 nitrogen and oxygen atoms in total. The Kier molecular flexibility index (Phi) is 4.38. The highest BCUT2D eigenvalue weighted by Gasteiger charge is 2.34. The van der Waals surface area contributed by atoms with Gasteiger partial charge in [-0.1, -0.05) is 18.2 Å². The first-order chi connectivity index (χ1) is 16.5. The maximum atomic E-state index is 13.1. The number of rotatable bonds is 2. The van der Waals surface area contributed by atoms with Crippen LogP contribution in [-0.4, -0.2) is 21.2 Å². The van der Waals surface area contributed by atoms with Crippen LogP contribution in [0.4, 0.5) is 0 Å². The van der Waals surface area contributed by atoms with Crippen molar-refractivity contribution in [1.82, 2.24) is 4.98 Å². The van der Waals surface area contributed by atoms with E-state index < -0.39 is 17.3 Å². The Morgan fingerprint density at radius 3 is 2.56 bits per heavy atom. The summed E-state index contributed by atoms with van der Waals surface area (Å²) in [5.41, 5.74) is 2.43. The molecule has 0 saturated carbocycles. The fraction of sp³-hybridized carbons (Fsp3) is 0.0741. The molecule has 166 valence electrons. The lowest BCUT2D eigenvalue weighted by Gasteiger charge is -2.26. The van der Waals surface area contributed by atoms with Gasteiger partial charge in [-0.15, -0.1) is 0 Å². The van der Waals surface area contributed by atoms with E-state index in [9.17, 15) is 19.8 Å². The minimum atomic E-state index is -0.481. The molecule has 0 amide bonds. The van der Waals surface area contributed by atoms with Crippen molar-refractivity contribution in [1.29, 1.82) is 0 Å². The van der Waals surface area contributed by atoms with E-state index in [-0.39, 0.29) is 40.4 Å². The molecular formula is C27H17NO6. The summed E-state index contributed by atoms with van der Waals surface area (Å²) in [5.74, 6) is -0.760. The third-order valence-electron chi connectivity index (χ3n) is 6.13. The monoisotopic (exact) mass is 451 g/mol. The van der Waals surface area contributed by atoms with Gasteiger partial charge in [0.25, 0.3) is 0 Å². The Balaban J connectivity index is 1.68. The predicted molar refractivity (Wildman–Crippen MR) is 125 cm³/mol. The second-order valence-electron chi connectivity index (χ2n) is 8.18. The summed E-state index contributed by atoms with van der Waals surface area (Å²) in [6.45, 7) is 0. The first-order valence-corrected chi connectivity index (χ1v) is 10.7. The molecule has 0 unspecified atom stereocenters. The molecule has 7 heteroatoms. The van der Waals surface area contributed by atoms with Crippen LogP contribution < -0.4 is 10.2 Å². The lowest BCUT2D eigenvalue weighted by atomic mass is 9.83. The van der Waals surface area contributed by atoms with Crippen molar-refractivity contribution in [2.75, 3.05) is 0 Å². The highest BCUT2D eigenvalue weighted by atomic mass is 16.5. The van der Waals surface area contributed by atoms with E-state index in [0.29, 0.717) is 11.1 Å². The maximum Gasteiger partial charge on any atom is 0.312 e. The highest BCUT2D eigenvalue weighted by molar-refractivity contribution is 5.94. The second kappa shape index (κ2) is 7.45. The van der Waals surface area contributed by atoms with E-state index in [1.54, 1.807) is 18.3 Å². The average molecular weight is 451 g/mol. The van der Waals surface area contributed by atoms with Crippen molar-refractivity contribution in [2.24, 2.45) is 0 Å². The van der Waals surface area contributed by atoms with Gasteiger partial charge in [-0.25, -0.2) is 0 Å². The zero-order valence-corrected chi connectivity index (χ0v) is 17.7. The van der Waals surface area contributed by atoms with Crippen LogP contribution in [0.25, 0.3) is 33.2 Å². The Labute approximate surface area is 192 Å². The van der Waals surface area contributed by atoms with Crippen LogP contribution in [-0.2, 0) is 4.79 Å². The van der Waals surface area contributed by atoms with Gasteiger partial charge >= 0.3 is 5.97 Å². The first kappa shape index (κ1) is 20.0. The van der Waals surface area contributed by atoms with Crippen LogP contribution in [0.5, 0.6) is 17.2 Å². The van der Waals surface area contributed by atoms with Crippen LogP contribution in [0.2, 0.25) is 0 Å². The lowest BCUT2D eigenvalue weighted by molar-refractivity contribution is -0.135. The van der Waals surface area contributed by atoms with Crippen LogP contribution in [0.3, 0.4) is 0 Å². The smallest absolute Gasteiger partial charge is 0.312 e. The second-order valence-corrected chi connectivity index (χ2v) is 8.18. The molecule has 34 heavy (non-hydrogen) atoms. The molecule has 0 fully saturated rings. The lowest BCUT2D eigenvalue weighted by Crippen LogP contribution is -2.22. The highest BCUT2D eigenvalue weighted by Crippen LogP contribution is 2.47. The number of hydrogen-bond acceptors (Lipinski definition) is 7. The molecule has 2 N–H and O–H groups in total. The summed E-state index contributed by atoms with van der Waals surface area (Å²) in [4.78, 5) is 30.0. The Hall–Kier alpha value is -4.65. The van der Waals surface area contributed by atoms with E-state index in [1.165, 1.54) is 24.3 Å². The van der Waals surface area contributed by atoms with Gasteiger partial charge in [0, 0.05) is 40.8 Å². The minimum Gasteiger partial charge on any atom is -0.508 e. The first-order valence-electron chi connectivity index (χ1n) is 10.7. The number of benzene rings is 3. The van der Waals surface area contributed by atoms with Crippen molar-refractivity contribution in [2.45, 2.75) is 12.3 Å². The number of ether oxygens (including phenoxy) is 1. The number of phenolic OH excluding ortho intramolecular Hbond substituents is 2. The van der Waals surface area contributed by atoms with Crippen molar-refractivity contribution in [3.05, 3.63) is 94.3 Å². The number of aromatic hydroxyl groups is 2. The maximum absolute atomic E-state index is 13.1. The van der Waals surface area contributed by atoms with Gasteiger partial charge in [-0.2, -0.15) is 0 Å². The third kappa shape index (κ3) is 3.09. The third-order valence-corrected chi connectivity index (χ3v) is 6.13. The van der Waals surface area contributed by atoms with Gasteiger partial charge < -0.3 is 19.4 Å². The van der Waals surface area contributed by atoms with Crippen molar-refractivity contribution in [3.63, 3.8) is 0 Å². The summed E-state index contributed by atoms with van der Waals surface area (Å²) in [6.07, 6.45) is 1.71. The van der Waals surface area contributed by atoms with Gasteiger partial charge in [0.1, 0.15) is 34.0 Å². The van der Waals surface area contributed by atoms with Gasteiger partial charge in [0.15, 0.2) is 5.43 Å². The molecule has 0 saturated heterocycles. The number of phenols is 2. The van der Waals surface area contributed by atoms with Crippen molar-refractivity contribution in [3.8, 4) is 28.6 Å². The number of hydrogen-bond donors (Lipinski definition) is 2. The normalized spacial score (nSPS) is 15.3. The van der Waals surface area contributed by atoms with E-state index in [4.69, 9.17) is 9.15 Å². The van der Waals surface area contributed by atoms with Crippen LogP contribution >= 0.6 is 0 Å². The van der Waals surface area contributed by atoms with Gasteiger partial charge in [-0.3, -0.25) is 14.6 Å². The molecule has 0 bridgehead atoms. The molecule has 3 aromatic carbocycles. The predicted octanol–water partition coefficient (Wildman–Crippen LogP) is 4.86. The topological polar surface area (TPSA) is 110 Å². The number of esters is 1. The minimum absolute atomic E-state index is 0.0163. The van der Waals surface area contributed by atoms with E-state index in [2.05, 4.69) is 4.98 Å². The molecule has 1 aliphatic heterocycles. The number of carbonyl (C=O) groups is 1. The molecule has 0 aliphatic carbocycles. The van der Waals surface area contributed by atoms with Gasteiger partial charge in [0.2, 0.25) is 0 Å². The zero-order valence-electron chi connectivity index (χ0n) is 17.7. The Morgan fingerprint density at radius 1 is 0.941 bits per heavy atom. The molecule has 0 radical (unpaired) electrons. The molecule has 1 aliphatic rings. The number of carbonyl (C=O) groups excluding carboxylic acids is 1. The van der Waals surface area contributed by atoms with Crippen molar-refractivity contribution < 1.29 is 24.2 Å². The largest absolute Gasteiger partial charge is 0.508 e. The molecule has 1 atom stereocenters. The molecule has 2 aromatic heterocycles. The van der Waals surface area contributed by atoms with Crippen molar-refractivity contribution >= 4 is 27.8 Å². The number of nitrogens with zero attached hydrogens (tertiary/aromatic N) is 1. The van der Waals surface area contributed by atoms with Crippen LogP contribution in [0, 0.1) is 0 Å². The number of fused-ring (bicyclic) bond motifs is 4. The van der Waals surface area contributed by atoms with E-state index >= 15 is 0 Å². The van der Waals surface area contributed by atoms with Crippen LogP contribution in [0.1, 0.15) is 23.5 Å². The number of aromatic nitrogens is 1. The fourth-order valence-corrected chi connectivity index (χ4v) is 4.61. The van der Waals surface area contributed by atoms with Gasteiger partial charge in [0.05, 0.1) is 11.9 Å². The Morgan fingerprint density at radius 2 is 1.74 bits per heavy atom. The van der Waals surface area contributed by atoms with E-state index in [1.807, 2.05) is 30.3 Å². The summed E-state index contributed by atoms with van der Waals surface area (Å²) in [5, 5.41) is 21.1. The summed E-state index contributed by atoms with van der Waals surface area (Å²) in [7, 11) is 0. The molecular weight excluding hydrogens is 434 g/mol. The molecule has 6 rings (SSSR count).